The van der Waals surface area contributed by atoms with E-state index in [1.165, 1.54) is 4.31 Å². The molecular weight excluding hydrogens is 384 g/mol. The number of carbonyl (C=O) groups is 1. The van der Waals surface area contributed by atoms with E-state index in [1.54, 1.807) is 61.5 Å². The summed E-state index contributed by atoms with van der Waals surface area (Å²) < 4.78 is 27.2. The molecule has 29 heavy (non-hydrogen) atoms. The standard InChI is InChI=1S/C23H24N2O3S/c1-3-25(29(27,28)22-10-5-4-6-11-22)21-14-12-20(13-15-21)23(26)24-17-19-9-7-8-18(2)16-19/h4-16H,3,17H2,1-2H3,(H,24,26). The van der Waals surface area contributed by atoms with Gasteiger partial charge in [-0.05, 0) is 55.8 Å². The average Bonchev–Trinajstić information content (AvgIpc) is 2.73. The van der Waals surface area contributed by atoms with Crippen molar-refractivity contribution in [3.63, 3.8) is 0 Å². The van der Waals surface area contributed by atoms with E-state index < -0.39 is 10.0 Å². The highest BCUT2D eigenvalue weighted by atomic mass is 32.2. The predicted molar refractivity (Wildman–Crippen MR) is 115 cm³/mol. The summed E-state index contributed by atoms with van der Waals surface area (Å²) in [6.45, 7) is 4.51. The third-order valence-electron chi connectivity index (χ3n) is 4.57. The Morgan fingerprint density at radius 2 is 1.62 bits per heavy atom. The van der Waals surface area contributed by atoms with Gasteiger partial charge < -0.3 is 5.32 Å². The molecule has 5 nitrogen and oxygen atoms in total. The Morgan fingerprint density at radius 1 is 0.931 bits per heavy atom. The number of carbonyl (C=O) groups excluding carboxylic acids is 1. The SMILES string of the molecule is CCN(c1ccc(C(=O)NCc2cccc(C)c2)cc1)S(=O)(=O)c1ccccc1. The summed E-state index contributed by atoms with van der Waals surface area (Å²) in [5, 5.41) is 2.89. The molecule has 3 rings (SSSR count). The molecule has 1 N–H and O–H groups in total. The van der Waals surface area contributed by atoms with Crippen LogP contribution in [0.15, 0.2) is 83.8 Å². The lowest BCUT2D eigenvalue weighted by molar-refractivity contribution is 0.0951. The predicted octanol–water partition coefficient (Wildman–Crippen LogP) is 4.14. The summed E-state index contributed by atoms with van der Waals surface area (Å²) in [5.74, 6) is -0.202. The van der Waals surface area contributed by atoms with Crippen molar-refractivity contribution in [3.8, 4) is 0 Å². The number of benzene rings is 3. The van der Waals surface area contributed by atoms with Crippen molar-refractivity contribution in [1.82, 2.24) is 5.32 Å². The zero-order valence-corrected chi connectivity index (χ0v) is 17.3. The number of nitrogens with one attached hydrogen (secondary N) is 1. The van der Waals surface area contributed by atoms with Crippen molar-refractivity contribution in [2.75, 3.05) is 10.8 Å². The summed E-state index contributed by atoms with van der Waals surface area (Å²) in [7, 11) is -3.65. The third-order valence-corrected chi connectivity index (χ3v) is 6.49. The number of aryl methyl sites for hydroxylation is 1. The smallest absolute Gasteiger partial charge is 0.264 e. The topological polar surface area (TPSA) is 66.5 Å². The first-order valence-corrected chi connectivity index (χ1v) is 10.9. The number of hydrogen-bond acceptors (Lipinski definition) is 3. The second-order valence-electron chi connectivity index (χ2n) is 6.70. The molecule has 3 aromatic rings. The minimum Gasteiger partial charge on any atom is -0.348 e. The Morgan fingerprint density at radius 3 is 2.24 bits per heavy atom. The lowest BCUT2D eigenvalue weighted by atomic mass is 10.1. The van der Waals surface area contributed by atoms with Crippen LogP contribution in [0.25, 0.3) is 0 Å². The highest BCUT2D eigenvalue weighted by Gasteiger charge is 2.23. The summed E-state index contributed by atoms with van der Waals surface area (Å²) >= 11 is 0. The zero-order chi connectivity index (χ0) is 20.9. The van der Waals surface area contributed by atoms with Crippen LogP contribution in [0.3, 0.4) is 0 Å². The molecule has 6 heteroatoms. The van der Waals surface area contributed by atoms with Gasteiger partial charge >= 0.3 is 0 Å². The Balaban J connectivity index is 1.73. The van der Waals surface area contributed by atoms with E-state index in [2.05, 4.69) is 5.32 Å². The summed E-state index contributed by atoms with van der Waals surface area (Å²) in [6, 6.07) is 22.9. The Bertz CT molecular complexity index is 1080. The van der Waals surface area contributed by atoms with Crippen molar-refractivity contribution in [3.05, 3.63) is 95.6 Å². The average molecular weight is 409 g/mol. The van der Waals surface area contributed by atoms with Gasteiger partial charge in [-0.25, -0.2) is 8.42 Å². The molecule has 0 spiro atoms. The number of rotatable bonds is 7. The van der Waals surface area contributed by atoms with Crippen LogP contribution < -0.4 is 9.62 Å². The van der Waals surface area contributed by atoms with Crippen molar-refractivity contribution in [2.24, 2.45) is 0 Å². The highest BCUT2D eigenvalue weighted by Crippen LogP contribution is 2.23. The molecule has 0 unspecified atom stereocenters. The van der Waals surface area contributed by atoms with Crippen LogP contribution in [0.1, 0.15) is 28.4 Å². The maximum atomic E-state index is 12.9. The first kappa shape index (κ1) is 20.6. The van der Waals surface area contributed by atoms with Gasteiger partial charge in [0.2, 0.25) is 0 Å². The lowest BCUT2D eigenvalue weighted by Crippen LogP contribution is -2.30. The van der Waals surface area contributed by atoms with Gasteiger partial charge in [-0.1, -0.05) is 48.0 Å². The van der Waals surface area contributed by atoms with Crippen LogP contribution >= 0.6 is 0 Å². The fraction of sp³-hybridized carbons (Fsp3) is 0.174. The Labute approximate surface area is 172 Å². The Kier molecular flexibility index (Phi) is 6.34. The minimum absolute atomic E-state index is 0.202. The number of anilines is 1. The van der Waals surface area contributed by atoms with Crippen LogP contribution in [-0.4, -0.2) is 20.9 Å². The number of nitrogens with zero attached hydrogens (tertiary/aromatic N) is 1. The number of amides is 1. The molecule has 0 aliphatic heterocycles. The van der Waals surface area contributed by atoms with E-state index >= 15 is 0 Å². The van der Waals surface area contributed by atoms with Gasteiger partial charge in [0.25, 0.3) is 15.9 Å². The zero-order valence-electron chi connectivity index (χ0n) is 16.5. The largest absolute Gasteiger partial charge is 0.348 e. The van der Waals surface area contributed by atoms with Crippen LogP contribution in [0.2, 0.25) is 0 Å². The molecule has 0 saturated heterocycles. The molecule has 0 heterocycles. The molecule has 1 amide bonds. The van der Waals surface area contributed by atoms with Gasteiger partial charge in [0, 0.05) is 18.7 Å². The first-order valence-electron chi connectivity index (χ1n) is 9.43. The van der Waals surface area contributed by atoms with Gasteiger partial charge in [-0.15, -0.1) is 0 Å². The van der Waals surface area contributed by atoms with Crippen LogP contribution in [-0.2, 0) is 16.6 Å². The quantitative estimate of drug-likeness (QED) is 0.639. The fourth-order valence-corrected chi connectivity index (χ4v) is 4.59. The second-order valence-corrected chi connectivity index (χ2v) is 8.56. The van der Waals surface area contributed by atoms with Crippen LogP contribution in [0.4, 0.5) is 5.69 Å². The lowest BCUT2D eigenvalue weighted by Gasteiger charge is -2.23. The molecule has 0 saturated carbocycles. The molecule has 0 aromatic heterocycles. The molecular formula is C23H24N2O3S. The molecule has 0 bridgehead atoms. The van der Waals surface area contributed by atoms with E-state index in [0.29, 0.717) is 17.8 Å². The first-order chi connectivity index (χ1) is 13.9. The van der Waals surface area contributed by atoms with Gasteiger partial charge in [0.1, 0.15) is 0 Å². The molecule has 0 fully saturated rings. The van der Waals surface area contributed by atoms with Crippen molar-refractivity contribution < 1.29 is 13.2 Å². The normalized spacial score (nSPS) is 11.1. The summed E-state index contributed by atoms with van der Waals surface area (Å²) in [6.07, 6.45) is 0. The van der Waals surface area contributed by atoms with Crippen molar-refractivity contribution >= 4 is 21.6 Å². The molecule has 150 valence electrons. The van der Waals surface area contributed by atoms with Crippen molar-refractivity contribution in [1.29, 1.82) is 0 Å². The highest BCUT2D eigenvalue weighted by molar-refractivity contribution is 7.92. The van der Waals surface area contributed by atoms with Crippen LogP contribution in [0, 0.1) is 6.92 Å². The van der Waals surface area contributed by atoms with Gasteiger partial charge in [-0.3, -0.25) is 9.10 Å². The molecule has 0 aliphatic rings. The van der Waals surface area contributed by atoms with Gasteiger partial charge in [0.15, 0.2) is 0 Å². The van der Waals surface area contributed by atoms with Crippen LogP contribution in [0.5, 0.6) is 0 Å². The molecule has 3 aromatic carbocycles. The molecule has 0 atom stereocenters. The van der Waals surface area contributed by atoms with E-state index in [-0.39, 0.29) is 17.3 Å². The van der Waals surface area contributed by atoms with E-state index in [1.807, 2.05) is 31.2 Å². The molecule has 0 aliphatic carbocycles. The summed E-state index contributed by atoms with van der Waals surface area (Å²) in [4.78, 5) is 12.7. The summed E-state index contributed by atoms with van der Waals surface area (Å²) in [5.41, 5.74) is 3.17. The van der Waals surface area contributed by atoms with Gasteiger partial charge in [0.05, 0.1) is 10.6 Å². The maximum Gasteiger partial charge on any atom is 0.264 e. The minimum atomic E-state index is -3.65. The van der Waals surface area contributed by atoms with Crippen molar-refractivity contribution in [2.45, 2.75) is 25.3 Å². The van der Waals surface area contributed by atoms with E-state index in [9.17, 15) is 13.2 Å². The maximum absolute atomic E-state index is 12.9. The number of hydrogen-bond donors (Lipinski definition) is 1. The van der Waals surface area contributed by atoms with E-state index in [0.717, 1.165) is 11.1 Å². The second kappa shape index (κ2) is 8.92. The van der Waals surface area contributed by atoms with Gasteiger partial charge in [-0.2, -0.15) is 0 Å². The monoisotopic (exact) mass is 408 g/mol. The Hall–Kier alpha value is -3.12. The number of sulfonamides is 1. The fourth-order valence-electron chi connectivity index (χ4n) is 3.10. The third kappa shape index (κ3) is 4.84. The molecule has 0 radical (unpaired) electrons. The van der Waals surface area contributed by atoms with E-state index in [4.69, 9.17) is 0 Å².